The summed E-state index contributed by atoms with van der Waals surface area (Å²) in [5, 5.41) is 11.9. The van der Waals surface area contributed by atoms with Gasteiger partial charge >= 0.3 is 5.97 Å². The Labute approximate surface area is 109 Å². The fraction of sp³-hybridized carbons (Fsp3) is 0.583. The fourth-order valence-corrected chi connectivity index (χ4v) is 3.08. The molecule has 2 N–H and O–H groups in total. The molecule has 1 aliphatic carbocycles. The van der Waals surface area contributed by atoms with E-state index in [0.29, 0.717) is 19.4 Å². The van der Waals surface area contributed by atoms with Crippen LogP contribution in [0.5, 0.6) is 0 Å². The largest absolute Gasteiger partial charge is 0.481 e. The molecule has 0 saturated heterocycles. The van der Waals surface area contributed by atoms with Crippen LogP contribution in [0.3, 0.4) is 0 Å². The van der Waals surface area contributed by atoms with Gasteiger partial charge in [0, 0.05) is 4.88 Å². The number of aryl methyl sites for hydroxylation is 1. The predicted molar refractivity (Wildman–Crippen MR) is 67.2 cm³/mol. The maximum absolute atomic E-state index is 12.0. The average molecular weight is 268 g/mol. The minimum atomic E-state index is -0.860. The summed E-state index contributed by atoms with van der Waals surface area (Å²) in [6.07, 6.45) is 2.09. The van der Waals surface area contributed by atoms with Crippen molar-refractivity contribution in [2.45, 2.75) is 32.7 Å². The zero-order valence-corrected chi connectivity index (χ0v) is 11.0. The van der Waals surface area contributed by atoms with Crippen LogP contribution in [-0.4, -0.2) is 22.0 Å². The molecule has 0 aromatic carbocycles. The van der Waals surface area contributed by atoms with Gasteiger partial charge in [-0.2, -0.15) is 0 Å². The number of nitrogens with one attached hydrogen (secondary N) is 1. The van der Waals surface area contributed by atoms with Gasteiger partial charge in [0.1, 0.15) is 0 Å². The second kappa shape index (κ2) is 5.48. The summed E-state index contributed by atoms with van der Waals surface area (Å²) in [7, 11) is 0. The topological polar surface area (TPSA) is 79.3 Å². The van der Waals surface area contributed by atoms with Crippen LogP contribution in [0.2, 0.25) is 0 Å². The lowest BCUT2D eigenvalue weighted by atomic mass is 9.95. The number of hydrogen-bond donors (Lipinski definition) is 2. The first-order valence-corrected chi connectivity index (χ1v) is 6.87. The Morgan fingerprint density at radius 1 is 1.50 bits per heavy atom. The van der Waals surface area contributed by atoms with Crippen molar-refractivity contribution in [1.29, 1.82) is 0 Å². The van der Waals surface area contributed by atoms with E-state index in [0.717, 1.165) is 17.0 Å². The molecule has 1 heterocycles. The summed E-state index contributed by atoms with van der Waals surface area (Å²) < 4.78 is 0. The normalized spacial score (nSPS) is 22.9. The Bertz CT molecular complexity index is 458. The molecule has 1 aliphatic rings. The van der Waals surface area contributed by atoms with Gasteiger partial charge in [0.15, 0.2) is 0 Å². The van der Waals surface area contributed by atoms with Crippen molar-refractivity contribution in [2.24, 2.45) is 11.8 Å². The molecule has 1 saturated carbocycles. The molecule has 2 atom stereocenters. The highest BCUT2D eigenvalue weighted by Gasteiger charge is 2.37. The first-order chi connectivity index (χ1) is 8.59. The third-order valence-corrected chi connectivity index (χ3v) is 4.37. The molecule has 0 bridgehead atoms. The zero-order valence-electron chi connectivity index (χ0n) is 10.2. The molecule has 0 unspecified atom stereocenters. The molecular weight excluding hydrogens is 252 g/mol. The number of carbonyl (C=O) groups excluding carboxylic acids is 1. The summed E-state index contributed by atoms with van der Waals surface area (Å²) >= 11 is 1.50. The fourth-order valence-electron chi connectivity index (χ4n) is 2.36. The van der Waals surface area contributed by atoms with Crippen LogP contribution < -0.4 is 5.32 Å². The highest BCUT2D eigenvalue weighted by atomic mass is 32.1. The maximum atomic E-state index is 12.0. The van der Waals surface area contributed by atoms with Crippen molar-refractivity contribution in [2.75, 3.05) is 0 Å². The van der Waals surface area contributed by atoms with E-state index < -0.39 is 11.9 Å². The number of aromatic nitrogens is 1. The minimum Gasteiger partial charge on any atom is -0.481 e. The number of thiazole rings is 1. The third-order valence-electron chi connectivity index (χ3n) is 3.44. The van der Waals surface area contributed by atoms with Gasteiger partial charge in [0.05, 0.1) is 29.6 Å². The molecule has 1 amide bonds. The molecule has 6 heteroatoms. The number of hydrogen-bond acceptors (Lipinski definition) is 4. The van der Waals surface area contributed by atoms with Crippen LogP contribution in [0.1, 0.15) is 29.8 Å². The number of amides is 1. The van der Waals surface area contributed by atoms with Gasteiger partial charge in [-0.3, -0.25) is 9.59 Å². The Hall–Kier alpha value is -1.43. The second-order valence-corrected chi connectivity index (χ2v) is 5.50. The molecule has 98 valence electrons. The molecule has 0 spiro atoms. The highest BCUT2D eigenvalue weighted by molar-refractivity contribution is 7.09. The first-order valence-electron chi connectivity index (χ1n) is 5.99. The quantitative estimate of drug-likeness (QED) is 0.868. The molecule has 1 aromatic rings. The van der Waals surface area contributed by atoms with E-state index in [1.165, 1.54) is 11.3 Å². The molecule has 0 aliphatic heterocycles. The van der Waals surface area contributed by atoms with Gasteiger partial charge in [-0.15, -0.1) is 11.3 Å². The minimum absolute atomic E-state index is 0.146. The number of nitrogens with zero attached hydrogens (tertiary/aromatic N) is 1. The zero-order chi connectivity index (χ0) is 13.1. The van der Waals surface area contributed by atoms with E-state index in [-0.39, 0.29) is 11.8 Å². The third kappa shape index (κ3) is 2.69. The van der Waals surface area contributed by atoms with Gasteiger partial charge in [0.2, 0.25) is 5.91 Å². The van der Waals surface area contributed by atoms with E-state index in [1.807, 2.05) is 6.92 Å². The van der Waals surface area contributed by atoms with E-state index >= 15 is 0 Å². The summed E-state index contributed by atoms with van der Waals surface area (Å²) in [6.45, 7) is 2.34. The summed E-state index contributed by atoms with van der Waals surface area (Å²) in [6, 6.07) is 0. The van der Waals surface area contributed by atoms with Gasteiger partial charge in [0.25, 0.3) is 0 Å². The lowest BCUT2D eigenvalue weighted by Crippen LogP contribution is -2.34. The van der Waals surface area contributed by atoms with Crippen LogP contribution in [0, 0.1) is 18.8 Å². The number of carboxylic acids is 1. The molecule has 1 fully saturated rings. The van der Waals surface area contributed by atoms with Crippen molar-refractivity contribution < 1.29 is 14.7 Å². The van der Waals surface area contributed by atoms with Crippen molar-refractivity contribution in [3.05, 3.63) is 16.1 Å². The van der Waals surface area contributed by atoms with E-state index in [4.69, 9.17) is 5.11 Å². The molecule has 18 heavy (non-hydrogen) atoms. The number of rotatable bonds is 4. The smallest absolute Gasteiger partial charge is 0.307 e. The Morgan fingerprint density at radius 3 is 2.83 bits per heavy atom. The predicted octanol–water partition coefficient (Wildman–Crippen LogP) is 1.57. The molecule has 1 aromatic heterocycles. The summed E-state index contributed by atoms with van der Waals surface area (Å²) in [5.74, 6) is -1.90. The monoisotopic (exact) mass is 268 g/mol. The summed E-state index contributed by atoms with van der Waals surface area (Å²) in [5.41, 5.74) is 2.66. The Morgan fingerprint density at radius 2 is 2.22 bits per heavy atom. The molecular formula is C12H16N2O3S. The van der Waals surface area contributed by atoms with Crippen molar-refractivity contribution in [3.63, 3.8) is 0 Å². The average Bonchev–Trinajstić information content (AvgIpc) is 2.94. The van der Waals surface area contributed by atoms with Crippen molar-refractivity contribution in [3.8, 4) is 0 Å². The molecule has 0 radical (unpaired) electrons. The van der Waals surface area contributed by atoms with Crippen LogP contribution in [0.4, 0.5) is 0 Å². The lowest BCUT2D eigenvalue weighted by molar-refractivity contribution is -0.146. The van der Waals surface area contributed by atoms with Gasteiger partial charge in [-0.25, -0.2) is 4.98 Å². The lowest BCUT2D eigenvalue weighted by Gasteiger charge is -2.15. The molecule has 2 rings (SSSR count). The summed E-state index contributed by atoms with van der Waals surface area (Å²) in [4.78, 5) is 28.1. The second-order valence-electron chi connectivity index (χ2n) is 4.56. The van der Waals surface area contributed by atoms with Crippen LogP contribution in [0.25, 0.3) is 0 Å². The Balaban J connectivity index is 1.92. The van der Waals surface area contributed by atoms with E-state index in [1.54, 1.807) is 5.51 Å². The SMILES string of the molecule is Cc1ncsc1CNC(=O)[C@@H]1CCC[C@@H]1C(=O)O. The number of aliphatic carboxylic acids is 1. The highest BCUT2D eigenvalue weighted by Crippen LogP contribution is 2.32. The van der Waals surface area contributed by atoms with E-state index in [2.05, 4.69) is 10.3 Å². The number of carboxylic acid groups (broad SMARTS) is 1. The van der Waals surface area contributed by atoms with Gasteiger partial charge in [-0.1, -0.05) is 6.42 Å². The van der Waals surface area contributed by atoms with Crippen molar-refractivity contribution >= 4 is 23.2 Å². The van der Waals surface area contributed by atoms with Gasteiger partial charge in [-0.05, 0) is 19.8 Å². The van der Waals surface area contributed by atoms with Crippen LogP contribution in [0.15, 0.2) is 5.51 Å². The van der Waals surface area contributed by atoms with Gasteiger partial charge < -0.3 is 10.4 Å². The first kappa shape index (κ1) is 13.0. The Kier molecular flexibility index (Phi) is 3.96. The maximum Gasteiger partial charge on any atom is 0.307 e. The van der Waals surface area contributed by atoms with Crippen molar-refractivity contribution in [1.82, 2.24) is 10.3 Å². The van der Waals surface area contributed by atoms with Crippen LogP contribution >= 0.6 is 11.3 Å². The van der Waals surface area contributed by atoms with E-state index in [9.17, 15) is 9.59 Å². The molecule has 5 nitrogen and oxygen atoms in total. The number of carbonyl (C=O) groups is 2. The van der Waals surface area contributed by atoms with Crippen LogP contribution in [-0.2, 0) is 16.1 Å². The standard InChI is InChI=1S/C12H16N2O3S/c1-7-10(18-6-14-7)5-13-11(15)8-3-2-4-9(8)12(16)17/h6,8-9H,2-5H2,1H3,(H,13,15)(H,16,17)/t8-,9+/m1/s1.